The van der Waals surface area contributed by atoms with Gasteiger partial charge in [0.1, 0.15) is 5.82 Å². The molecule has 17 heavy (non-hydrogen) atoms. The molecule has 0 saturated carbocycles. The maximum atomic E-state index is 4.43. The minimum absolute atomic E-state index is 0.509. The predicted molar refractivity (Wildman–Crippen MR) is 72.7 cm³/mol. The summed E-state index contributed by atoms with van der Waals surface area (Å²) in [6.07, 6.45) is 0. The van der Waals surface area contributed by atoms with Gasteiger partial charge in [-0.2, -0.15) is 4.98 Å². The highest BCUT2D eigenvalue weighted by Gasteiger charge is 2.17. The van der Waals surface area contributed by atoms with Gasteiger partial charge >= 0.3 is 0 Å². The molecule has 0 aliphatic carbocycles. The molecule has 2 rings (SSSR count). The molecule has 5 heteroatoms. The van der Waals surface area contributed by atoms with Crippen LogP contribution < -0.4 is 15.5 Å². The van der Waals surface area contributed by atoms with Gasteiger partial charge in [-0.05, 0) is 6.92 Å². The van der Waals surface area contributed by atoms with Crippen molar-refractivity contribution in [2.75, 3.05) is 37.4 Å². The zero-order chi connectivity index (χ0) is 12.8. The Kier molecular flexibility index (Phi) is 5.15. The van der Waals surface area contributed by atoms with Crippen molar-refractivity contribution in [1.29, 1.82) is 0 Å². The molecule has 1 aliphatic rings. The summed E-state index contributed by atoms with van der Waals surface area (Å²) in [5.41, 5.74) is 0.989. The predicted octanol–water partition coefficient (Wildman–Crippen LogP) is 1.26. The maximum absolute atomic E-state index is 4.43. The zero-order valence-corrected chi connectivity index (χ0v) is 11.4. The lowest BCUT2D eigenvalue weighted by atomic mass is 10.2. The maximum Gasteiger partial charge on any atom is 0.226 e. The number of aryl methyl sites for hydroxylation is 1. The Bertz CT molecular complexity index is 347. The summed E-state index contributed by atoms with van der Waals surface area (Å²) in [5, 5.41) is 6.59. The quantitative estimate of drug-likeness (QED) is 0.829. The van der Waals surface area contributed by atoms with Crippen molar-refractivity contribution in [1.82, 2.24) is 15.3 Å². The number of hydrogen-bond donors (Lipinski definition) is 2. The fourth-order valence-corrected chi connectivity index (χ4v) is 1.43. The van der Waals surface area contributed by atoms with Crippen LogP contribution in [0.25, 0.3) is 0 Å². The normalized spacial score (nSPS) is 14.4. The standard InChI is InChI=1S/C10H17N5.C2H6/c1-7-4-9(13-8-5-11-6-8)14-10(12-7)15(2)3;1-2/h4,8,11H,5-6H2,1-3H3,(H,12,13,14);1-2H3. The first-order chi connectivity index (χ1) is 8.15. The molecule has 1 aliphatic heterocycles. The summed E-state index contributed by atoms with van der Waals surface area (Å²) in [5.74, 6) is 1.67. The van der Waals surface area contributed by atoms with Crippen molar-refractivity contribution in [3.63, 3.8) is 0 Å². The Morgan fingerprint density at radius 1 is 1.29 bits per heavy atom. The summed E-state index contributed by atoms with van der Waals surface area (Å²) in [6, 6.07) is 2.49. The number of aromatic nitrogens is 2. The van der Waals surface area contributed by atoms with Crippen LogP contribution in [0, 0.1) is 6.92 Å². The van der Waals surface area contributed by atoms with Crippen molar-refractivity contribution in [3.8, 4) is 0 Å². The first-order valence-corrected chi connectivity index (χ1v) is 6.15. The molecule has 2 N–H and O–H groups in total. The lowest BCUT2D eigenvalue weighted by Gasteiger charge is -2.28. The number of anilines is 2. The van der Waals surface area contributed by atoms with Gasteiger partial charge in [0.05, 0.1) is 6.04 Å². The number of rotatable bonds is 3. The van der Waals surface area contributed by atoms with E-state index in [-0.39, 0.29) is 0 Å². The largest absolute Gasteiger partial charge is 0.365 e. The smallest absolute Gasteiger partial charge is 0.226 e. The Balaban J connectivity index is 0.000000686. The lowest BCUT2D eigenvalue weighted by molar-refractivity contribution is 0.471. The Morgan fingerprint density at radius 3 is 2.41 bits per heavy atom. The van der Waals surface area contributed by atoms with E-state index in [9.17, 15) is 0 Å². The van der Waals surface area contributed by atoms with Crippen LogP contribution in [0.5, 0.6) is 0 Å². The molecule has 0 spiro atoms. The molecule has 0 aromatic carbocycles. The van der Waals surface area contributed by atoms with Crippen LogP contribution in [0.4, 0.5) is 11.8 Å². The Hall–Kier alpha value is -1.36. The molecule has 1 aromatic heterocycles. The fourth-order valence-electron chi connectivity index (χ4n) is 1.43. The van der Waals surface area contributed by atoms with Crippen LogP contribution in [0.1, 0.15) is 19.5 Å². The number of nitrogens with zero attached hydrogens (tertiary/aromatic N) is 3. The van der Waals surface area contributed by atoms with Crippen molar-refractivity contribution >= 4 is 11.8 Å². The summed E-state index contributed by atoms with van der Waals surface area (Å²) in [6.45, 7) is 8.01. The molecule has 0 radical (unpaired) electrons. The highest BCUT2D eigenvalue weighted by atomic mass is 15.2. The van der Waals surface area contributed by atoms with Crippen molar-refractivity contribution in [2.24, 2.45) is 0 Å². The van der Waals surface area contributed by atoms with Gasteiger partial charge in [0.15, 0.2) is 0 Å². The van der Waals surface area contributed by atoms with E-state index < -0.39 is 0 Å². The van der Waals surface area contributed by atoms with E-state index in [0.29, 0.717) is 6.04 Å². The molecule has 0 bridgehead atoms. The molecular formula is C12H23N5. The minimum atomic E-state index is 0.509. The molecular weight excluding hydrogens is 214 g/mol. The van der Waals surface area contributed by atoms with Gasteiger partial charge in [-0.1, -0.05) is 13.8 Å². The van der Waals surface area contributed by atoms with Gasteiger partial charge in [-0.25, -0.2) is 4.98 Å². The Labute approximate surface area is 104 Å². The average molecular weight is 237 g/mol. The van der Waals surface area contributed by atoms with Crippen LogP contribution in [0.2, 0.25) is 0 Å². The van der Waals surface area contributed by atoms with Gasteiger partial charge in [-0.3, -0.25) is 0 Å². The van der Waals surface area contributed by atoms with Crippen LogP contribution >= 0.6 is 0 Å². The van der Waals surface area contributed by atoms with Crippen LogP contribution in [-0.4, -0.2) is 43.2 Å². The summed E-state index contributed by atoms with van der Waals surface area (Å²) in [4.78, 5) is 10.7. The van der Waals surface area contributed by atoms with E-state index in [4.69, 9.17) is 0 Å². The van der Waals surface area contributed by atoms with Crippen LogP contribution in [0.15, 0.2) is 6.07 Å². The number of nitrogens with one attached hydrogen (secondary N) is 2. The highest BCUT2D eigenvalue weighted by molar-refractivity contribution is 5.44. The molecule has 1 saturated heterocycles. The molecule has 2 heterocycles. The highest BCUT2D eigenvalue weighted by Crippen LogP contribution is 2.13. The van der Waals surface area contributed by atoms with Crippen molar-refractivity contribution in [3.05, 3.63) is 11.8 Å². The van der Waals surface area contributed by atoms with Gasteiger partial charge in [0.25, 0.3) is 0 Å². The van der Waals surface area contributed by atoms with Gasteiger partial charge < -0.3 is 15.5 Å². The van der Waals surface area contributed by atoms with E-state index in [2.05, 4.69) is 20.6 Å². The van der Waals surface area contributed by atoms with E-state index in [1.54, 1.807) is 0 Å². The topological polar surface area (TPSA) is 53.1 Å². The van der Waals surface area contributed by atoms with Crippen LogP contribution in [0.3, 0.4) is 0 Å². The van der Waals surface area contributed by atoms with E-state index in [1.165, 1.54) is 0 Å². The monoisotopic (exact) mass is 237 g/mol. The van der Waals surface area contributed by atoms with Gasteiger partial charge in [0.2, 0.25) is 5.95 Å². The first kappa shape index (κ1) is 13.7. The van der Waals surface area contributed by atoms with Crippen molar-refractivity contribution in [2.45, 2.75) is 26.8 Å². The molecule has 1 fully saturated rings. The van der Waals surface area contributed by atoms with Crippen LogP contribution in [-0.2, 0) is 0 Å². The molecule has 0 atom stereocenters. The number of hydrogen-bond acceptors (Lipinski definition) is 5. The third-order valence-electron chi connectivity index (χ3n) is 2.38. The van der Waals surface area contributed by atoms with Gasteiger partial charge in [-0.15, -0.1) is 0 Å². The summed E-state index contributed by atoms with van der Waals surface area (Å²) < 4.78 is 0. The Morgan fingerprint density at radius 2 is 1.94 bits per heavy atom. The van der Waals surface area contributed by atoms with E-state index in [0.717, 1.165) is 30.5 Å². The second kappa shape index (κ2) is 6.39. The average Bonchev–Trinajstić information content (AvgIpc) is 2.25. The lowest BCUT2D eigenvalue weighted by Crippen LogP contribution is -2.51. The fraction of sp³-hybridized carbons (Fsp3) is 0.667. The molecule has 0 unspecified atom stereocenters. The molecule has 0 amide bonds. The molecule has 5 nitrogen and oxygen atoms in total. The van der Waals surface area contributed by atoms with E-state index >= 15 is 0 Å². The zero-order valence-electron chi connectivity index (χ0n) is 11.4. The first-order valence-electron chi connectivity index (χ1n) is 6.15. The SMILES string of the molecule is CC.Cc1cc(NC2CNC2)nc(N(C)C)n1. The molecule has 1 aromatic rings. The second-order valence-corrected chi connectivity index (χ2v) is 4.09. The third kappa shape index (κ3) is 3.85. The van der Waals surface area contributed by atoms with E-state index in [1.807, 2.05) is 45.8 Å². The van der Waals surface area contributed by atoms with Gasteiger partial charge in [0, 0.05) is 38.9 Å². The second-order valence-electron chi connectivity index (χ2n) is 4.09. The molecule has 96 valence electrons. The third-order valence-corrected chi connectivity index (χ3v) is 2.38. The van der Waals surface area contributed by atoms with Crippen molar-refractivity contribution < 1.29 is 0 Å². The minimum Gasteiger partial charge on any atom is -0.365 e. The summed E-state index contributed by atoms with van der Waals surface area (Å²) in [7, 11) is 3.90. The summed E-state index contributed by atoms with van der Waals surface area (Å²) >= 11 is 0.